The Hall–Kier alpha value is -3.11. The van der Waals surface area contributed by atoms with Crippen LogP contribution in [0.3, 0.4) is 0 Å². The monoisotopic (exact) mass is 556 g/mol. The lowest BCUT2D eigenvalue weighted by molar-refractivity contribution is 0.0600. The van der Waals surface area contributed by atoms with Crippen molar-refractivity contribution in [2.45, 2.75) is 96.3 Å². The van der Waals surface area contributed by atoms with Crippen LogP contribution in [-0.4, -0.2) is 31.4 Å². The lowest BCUT2D eigenvalue weighted by Gasteiger charge is -2.42. The largest absolute Gasteiger partial charge is 0.493 e. The number of rotatable bonds is 13. The molecule has 0 fully saturated rings. The van der Waals surface area contributed by atoms with Crippen LogP contribution in [0.1, 0.15) is 107 Å². The van der Waals surface area contributed by atoms with Crippen molar-refractivity contribution >= 4 is 5.97 Å². The van der Waals surface area contributed by atoms with Crippen molar-refractivity contribution < 1.29 is 19.4 Å². The van der Waals surface area contributed by atoms with Crippen molar-refractivity contribution in [3.05, 3.63) is 77.4 Å². The first-order valence-electron chi connectivity index (χ1n) is 15.4. The van der Waals surface area contributed by atoms with E-state index < -0.39 is 0 Å². The molecule has 0 saturated heterocycles. The van der Waals surface area contributed by atoms with Gasteiger partial charge in [0.05, 0.1) is 19.3 Å². The number of carbonyl (C=O) groups is 1. The molecule has 0 atom stereocenters. The Balaban J connectivity index is 1.60. The molecule has 4 nitrogen and oxygen atoms in total. The third-order valence-corrected chi connectivity index (χ3v) is 8.84. The van der Waals surface area contributed by atoms with Gasteiger partial charge < -0.3 is 14.6 Å². The third kappa shape index (κ3) is 7.60. The summed E-state index contributed by atoms with van der Waals surface area (Å²) in [4.78, 5) is 11.9. The van der Waals surface area contributed by atoms with Crippen LogP contribution < -0.4 is 4.74 Å². The molecule has 0 amide bonds. The van der Waals surface area contributed by atoms with Crippen molar-refractivity contribution in [3.8, 4) is 28.0 Å². The predicted molar refractivity (Wildman–Crippen MR) is 169 cm³/mol. The normalized spacial score (nSPS) is 15.3. The van der Waals surface area contributed by atoms with E-state index in [1.54, 1.807) is 0 Å². The summed E-state index contributed by atoms with van der Waals surface area (Å²) in [5, 5.41) is 8.95. The van der Waals surface area contributed by atoms with Crippen LogP contribution in [0.4, 0.5) is 0 Å². The molecule has 4 heteroatoms. The van der Waals surface area contributed by atoms with E-state index >= 15 is 0 Å². The lowest BCUT2D eigenvalue weighted by Crippen LogP contribution is -2.33. The molecule has 1 N–H and O–H groups in total. The Morgan fingerprint density at radius 2 is 1.29 bits per heavy atom. The summed E-state index contributed by atoms with van der Waals surface area (Å²) >= 11 is 0. The molecule has 0 aromatic heterocycles. The summed E-state index contributed by atoms with van der Waals surface area (Å²) in [7, 11) is 1.40. The molecule has 0 heterocycles. The molecule has 3 aromatic carbocycles. The fraction of sp³-hybridized carbons (Fsp3) is 0.486. The Kier molecular flexibility index (Phi) is 10.3. The third-order valence-electron chi connectivity index (χ3n) is 8.84. The van der Waals surface area contributed by atoms with Gasteiger partial charge in [0.2, 0.25) is 0 Å². The first-order valence-corrected chi connectivity index (χ1v) is 15.4. The van der Waals surface area contributed by atoms with E-state index in [0.717, 1.165) is 48.1 Å². The number of hydrogen-bond donors (Lipinski definition) is 1. The molecule has 1 aliphatic carbocycles. The summed E-state index contributed by atoms with van der Waals surface area (Å²) in [5.74, 6) is 0.585. The molecule has 0 aliphatic heterocycles. The van der Waals surface area contributed by atoms with Gasteiger partial charge in [0, 0.05) is 12.2 Å². The van der Waals surface area contributed by atoms with E-state index in [9.17, 15) is 4.79 Å². The highest BCUT2D eigenvalue weighted by Crippen LogP contribution is 2.47. The fourth-order valence-electron chi connectivity index (χ4n) is 6.01. The average Bonchev–Trinajstić information content (AvgIpc) is 2.98. The van der Waals surface area contributed by atoms with Crippen LogP contribution in [0.2, 0.25) is 0 Å². The molecular formula is C37H48O4. The van der Waals surface area contributed by atoms with E-state index in [2.05, 4.69) is 64.1 Å². The second kappa shape index (κ2) is 13.7. The second-order valence-electron chi connectivity index (χ2n) is 12.9. The van der Waals surface area contributed by atoms with Gasteiger partial charge in [-0.3, -0.25) is 0 Å². The molecular weight excluding hydrogens is 508 g/mol. The fourth-order valence-corrected chi connectivity index (χ4v) is 6.01. The van der Waals surface area contributed by atoms with Gasteiger partial charge in [-0.05, 0) is 88.6 Å². The highest BCUT2D eigenvalue weighted by Gasteiger charge is 2.37. The molecule has 0 spiro atoms. The van der Waals surface area contributed by atoms with Crippen LogP contribution in [0, 0.1) is 0 Å². The number of esters is 1. The minimum Gasteiger partial charge on any atom is -0.493 e. The summed E-state index contributed by atoms with van der Waals surface area (Å²) < 4.78 is 11.3. The lowest BCUT2D eigenvalue weighted by atomic mass is 9.63. The molecule has 0 radical (unpaired) electrons. The number of fused-ring (bicyclic) bond motifs is 1. The van der Waals surface area contributed by atoms with Crippen LogP contribution in [0.15, 0.2) is 60.7 Å². The van der Waals surface area contributed by atoms with Gasteiger partial charge in [0.25, 0.3) is 0 Å². The van der Waals surface area contributed by atoms with Gasteiger partial charge in [-0.1, -0.05) is 96.2 Å². The molecule has 0 saturated carbocycles. The summed E-state index contributed by atoms with van der Waals surface area (Å²) in [6.45, 7) is 10.4. The molecule has 220 valence electrons. The second-order valence-corrected chi connectivity index (χ2v) is 12.9. The predicted octanol–water partition coefficient (Wildman–Crippen LogP) is 9.26. The molecule has 4 rings (SSSR count). The van der Waals surface area contributed by atoms with Gasteiger partial charge in [0.1, 0.15) is 5.75 Å². The number of methoxy groups -OCH3 is 1. The number of carbonyl (C=O) groups excluding carboxylic acids is 1. The van der Waals surface area contributed by atoms with E-state index in [4.69, 9.17) is 14.6 Å². The van der Waals surface area contributed by atoms with Gasteiger partial charge >= 0.3 is 5.97 Å². The maximum absolute atomic E-state index is 11.9. The molecule has 41 heavy (non-hydrogen) atoms. The smallest absolute Gasteiger partial charge is 0.337 e. The number of unbranched alkanes of at least 4 members (excludes halogenated alkanes) is 6. The number of ether oxygens (including phenoxy) is 2. The van der Waals surface area contributed by atoms with E-state index in [1.165, 1.54) is 55.9 Å². The highest BCUT2D eigenvalue weighted by molar-refractivity contribution is 5.90. The zero-order chi connectivity index (χ0) is 29.5. The van der Waals surface area contributed by atoms with Crippen LogP contribution in [0.5, 0.6) is 5.75 Å². The maximum atomic E-state index is 11.9. The number of benzene rings is 3. The SMILES string of the molecule is COC(=O)c1ccc(-c2ccc(OCCCCCCCCCO)c(-c3ccc4c(c3)C(C)(C)CCC4(C)C)c2)cc1. The van der Waals surface area contributed by atoms with Crippen LogP contribution in [0.25, 0.3) is 22.3 Å². The summed E-state index contributed by atoms with van der Waals surface area (Å²) in [6.07, 6.45) is 10.2. The topological polar surface area (TPSA) is 55.8 Å². The zero-order valence-electron chi connectivity index (χ0n) is 25.7. The Morgan fingerprint density at radius 3 is 1.95 bits per heavy atom. The van der Waals surface area contributed by atoms with E-state index in [0.29, 0.717) is 18.8 Å². The Labute approximate surface area is 247 Å². The highest BCUT2D eigenvalue weighted by atomic mass is 16.5. The molecule has 0 unspecified atom stereocenters. The quantitative estimate of drug-likeness (QED) is 0.168. The van der Waals surface area contributed by atoms with Crippen molar-refractivity contribution in [3.63, 3.8) is 0 Å². The number of aliphatic hydroxyl groups excluding tert-OH is 1. The van der Waals surface area contributed by atoms with Gasteiger partial charge in [-0.2, -0.15) is 0 Å². The van der Waals surface area contributed by atoms with Gasteiger partial charge in [-0.25, -0.2) is 4.79 Å². The first kappa shape index (κ1) is 30.8. The summed E-state index contributed by atoms with van der Waals surface area (Å²) in [6, 6.07) is 21.0. The zero-order valence-corrected chi connectivity index (χ0v) is 25.7. The molecule has 0 bridgehead atoms. The molecule has 1 aliphatic rings. The minimum atomic E-state index is -0.328. The number of hydrogen-bond acceptors (Lipinski definition) is 4. The van der Waals surface area contributed by atoms with Crippen molar-refractivity contribution in [2.24, 2.45) is 0 Å². The Morgan fingerprint density at radius 1 is 0.707 bits per heavy atom. The van der Waals surface area contributed by atoms with E-state index in [1.807, 2.05) is 24.3 Å². The minimum absolute atomic E-state index is 0.125. The summed E-state index contributed by atoms with van der Waals surface area (Å²) in [5.41, 5.74) is 8.15. The number of aliphatic hydroxyl groups is 1. The molecule has 3 aromatic rings. The van der Waals surface area contributed by atoms with Crippen molar-refractivity contribution in [1.82, 2.24) is 0 Å². The van der Waals surface area contributed by atoms with Gasteiger partial charge in [-0.15, -0.1) is 0 Å². The first-order chi connectivity index (χ1) is 19.7. The average molecular weight is 557 g/mol. The Bertz CT molecular complexity index is 1300. The van der Waals surface area contributed by atoms with Crippen LogP contribution in [-0.2, 0) is 15.6 Å². The maximum Gasteiger partial charge on any atom is 0.337 e. The van der Waals surface area contributed by atoms with E-state index in [-0.39, 0.29) is 16.8 Å². The van der Waals surface area contributed by atoms with Crippen molar-refractivity contribution in [1.29, 1.82) is 0 Å². The standard InChI is InChI=1S/C37H48O4/c1-36(2)21-22-37(3,4)33-26-30(17-19-32(33)36)31-25-29(27-13-15-28(16-14-27)35(39)40-5)18-20-34(31)41-24-12-10-8-6-7-9-11-23-38/h13-20,25-26,38H,6-12,21-24H2,1-5H3. The van der Waals surface area contributed by atoms with Crippen molar-refractivity contribution in [2.75, 3.05) is 20.3 Å². The van der Waals surface area contributed by atoms with Crippen LogP contribution >= 0.6 is 0 Å². The van der Waals surface area contributed by atoms with Gasteiger partial charge in [0.15, 0.2) is 0 Å².